The summed E-state index contributed by atoms with van der Waals surface area (Å²) in [4.78, 5) is 64.5. The van der Waals surface area contributed by atoms with Gasteiger partial charge in [0.1, 0.15) is 24.2 Å². The largest absolute Gasteiger partial charge is 0.468 e. The molecule has 11 nitrogen and oxygen atoms in total. The number of hydrogen-bond acceptors (Lipinski definition) is 7. The Balaban J connectivity index is 3.55. The van der Waals surface area contributed by atoms with Gasteiger partial charge in [0.15, 0.2) is 0 Å². The number of nitrogens with two attached hydrogens (primary N) is 1. The Hall–Kier alpha value is -3.63. The van der Waals surface area contributed by atoms with Crippen molar-refractivity contribution >= 4 is 29.8 Å². The summed E-state index contributed by atoms with van der Waals surface area (Å²) in [6, 6.07) is 2.51. The van der Waals surface area contributed by atoms with E-state index in [1.54, 1.807) is 46.8 Å². The zero-order valence-electron chi connectivity index (χ0n) is 23.0. The second-order valence-electron chi connectivity index (χ2n) is 10.0. The topological polar surface area (TPSA) is 157 Å². The minimum Gasteiger partial charge on any atom is -0.468 e. The van der Waals surface area contributed by atoms with Gasteiger partial charge in [-0.1, -0.05) is 18.2 Å². The van der Waals surface area contributed by atoms with Crippen LogP contribution < -0.4 is 16.4 Å². The molecule has 2 atom stereocenters. The molecule has 1 aromatic carbocycles. The van der Waals surface area contributed by atoms with Crippen LogP contribution in [0, 0.1) is 13.8 Å². The lowest BCUT2D eigenvalue weighted by Gasteiger charge is -2.37. The summed E-state index contributed by atoms with van der Waals surface area (Å²) in [5.41, 5.74) is 6.72. The highest BCUT2D eigenvalue weighted by Crippen LogP contribution is 2.29. The smallest absolute Gasteiger partial charge is 0.408 e. The predicted octanol–water partition coefficient (Wildman–Crippen LogP) is 2.03. The van der Waals surface area contributed by atoms with Crippen LogP contribution in [0.1, 0.15) is 70.2 Å². The molecule has 1 aromatic rings. The van der Waals surface area contributed by atoms with Crippen molar-refractivity contribution in [1.82, 2.24) is 15.5 Å². The van der Waals surface area contributed by atoms with Gasteiger partial charge in [0, 0.05) is 12.5 Å². The van der Waals surface area contributed by atoms with Gasteiger partial charge in [-0.2, -0.15) is 0 Å². The highest BCUT2D eigenvalue weighted by molar-refractivity contribution is 5.94. The summed E-state index contributed by atoms with van der Waals surface area (Å²) in [6.45, 7) is 11.8. The van der Waals surface area contributed by atoms with E-state index in [4.69, 9.17) is 10.5 Å². The van der Waals surface area contributed by atoms with Gasteiger partial charge in [0.25, 0.3) is 0 Å². The van der Waals surface area contributed by atoms with E-state index in [-0.39, 0.29) is 12.8 Å². The number of ether oxygens (including phenoxy) is 2. The molecule has 0 saturated carbocycles. The van der Waals surface area contributed by atoms with E-state index in [1.807, 2.05) is 19.9 Å². The van der Waals surface area contributed by atoms with Crippen molar-refractivity contribution in [3.8, 4) is 0 Å². The molecule has 0 heterocycles. The number of carbonyl (C=O) groups is 5. The zero-order valence-corrected chi connectivity index (χ0v) is 23.0. The first kappa shape index (κ1) is 31.4. The van der Waals surface area contributed by atoms with Crippen LogP contribution in [-0.2, 0) is 28.7 Å². The molecule has 0 aliphatic heterocycles. The summed E-state index contributed by atoms with van der Waals surface area (Å²) >= 11 is 0. The normalized spacial score (nSPS) is 12.8. The standard InChI is InChI=1S/C26H40N4O7/c1-15(2)30(24(34)19(12-13-20(27)31)29-25(35)37-26(5,6)7)22(23(33)28-14-21(32)36-8)18-11-9-10-16(3)17(18)4/h9-11,15,19,22H,12-14H2,1-8H3,(H2,27,31)(H,28,33)(H,29,35). The first-order chi connectivity index (χ1) is 17.1. The lowest BCUT2D eigenvalue weighted by atomic mass is 9.94. The number of rotatable bonds is 11. The number of methoxy groups -OCH3 is 1. The van der Waals surface area contributed by atoms with Gasteiger partial charge < -0.3 is 30.7 Å². The molecule has 206 valence electrons. The summed E-state index contributed by atoms with van der Waals surface area (Å²) in [7, 11) is 1.20. The summed E-state index contributed by atoms with van der Waals surface area (Å²) < 4.78 is 9.92. The molecular formula is C26H40N4O7. The van der Waals surface area contributed by atoms with E-state index in [0.29, 0.717) is 5.56 Å². The lowest BCUT2D eigenvalue weighted by molar-refractivity contribution is -0.146. The van der Waals surface area contributed by atoms with Crippen molar-refractivity contribution < 1.29 is 33.4 Å². The minimum atomic E-state index is -1.20. The molecule has 0 saturated heterocycles. The Morgan fingerprint density at radius 2 is 1.70 bits per heavy atom. The molecule has 0 fully saturated rings. The minimum absolute atomic E-state index is 0.0973. The van der Waals surface area contributed by atoms with Crippen LogP contribution >= 0.6 is 0 Å². The van der Waals surface area contributed by atoms with Crippen LogP contribution in [0.4, 0.5) is 4.79 Å². The van der Waals surface area contributed by atoms with Crippen LogP contribution in [0.5, 0.6) is 0 Å². The average molecular weight is 521 g/mol. The van der Waals surface area contributed by atoms with E-state index in [1.165, 1.54) is 12.0 Å². The Morgan fingerprint density at radius 3 is 2.22 bits per heavy atom. The predicted molar refractivity (Wildman–Crippen MR) is 137 cm³/mol. The number of carbonyl (C=O) groups excluding carboxylic acids is 5. The van der Waals surface area contributed by atoms with Crippen molar-refractivity contribution in [3.05, 3.63) is 34.9 Å². The van der Waals surface area contributed by atoms with E-state index in [0.717, 1.165) is 11.1 Å². The first-order valence-electron chi connectivity index (χ1n) is 12.1. The number of amides is 4. The highest BCUT2D eigenvalue weighted by Gasteiger charge is 2.38. The number of esters is 1. The Bertz CT molecular complexity index is 1000. The van der Waals surface area contributed by atoms with Crippen molar-refractivity contribution in [1.29, 1.82) is 0 Å². The maximum Gasteiger partial charge on any atom is 0.408 e. The third-order valence-corrected chi connectivity index (χ3v) is 5.58. The fourth-order valence-electron chi connectivity index (χ4n) is 3.67. The second-order valence-corrected chi connectivity index (χ2v) is 10.0. The van der Waals surface area contributed by atoms with Gasteiger partial charge in [-0.3, -0.25) is 19.2 Å². The number of hydrogen-bond donors (Lipinski definition) is 3. The Kier molecular flexibility index (Phi) is 11.6. The molecule has 0 aromatic heterocycles. The number of alkyl carbamates (subject to hydrolysis) is 1. The van der Waals surface area contributed by atoms with Crippen molar-refractivity contribution in [2.75, 3.05) is 13.7 Å². The fraction of sp³-hybridized carbons (Fsp3) is 0.577. The van der Waals surface area contributed by atoms with Gasteiger partial charge >= 0.3 is 12.1 Å². The van der Waals surface area contributed by atoms with Crippen molar-refractivity contribution in [3.63, 3.8) is 0 Å². The number of nitrogens with zero attached hydrogens (tertiary/aromatic N) is 1. The third-order valence-electron chi connectivity index (χ3n) is 5.58. The number of benzene rings is 1. The average Bonchev–Trinajstić information content (AvgIpc) is 2.78. The van der Waals surface area contributed by atoms with Gasteiger partial charge in [-0.05, 0) is 71.6 Å². The fourth-order valence-corrected chi connectivity index (χ4v) is 3.67. The highest BCUT2D eigenvalue weighted by atomic mass is 16.6. The van der Waals surface area contributed by atoms with Crippen LogP contribution in [0.3, 0.4) is 0 Å². The van der Waals surface area contributed by atoms with E-state index < -0.39 is 60.1 Å². The van der Waals surface area contributed by atoms with Gasteiger partial charge in [0.2, 0.25) is 17.7 Å². The molecular weight excluding hydrogens is 480 g/mol. The zero-order chi connectivity index (χ0) is 28.5. The number of primary amides is 1. The summed E-state index contributed by atoms with van der Waals surface area (Å²) in [5.74, 6) is -2.52. The van der Waals surface area contributed by atoms with E-state index in [2.05, 4.69) is 15.4 Å². The molecule has 0 spiro atoms. The quantitative estimate of drug-likeness (QED) is 0.377. The van der Waals surface area contributed by atoms with E-state index >= 15 is 0 Å². The van der Waals surface area contributed by atoms with Gasteiger partial charge in [0.05, 0.1) is 7.11 Å². The molecule has 0 bridgehead atoms. The monoisotopic (exact) mass is 520 g/mol. The molecule has 37 heavy (non-hydrogen) atoms. The SMILES string of the molecule is COC(=O)CNC(=O)C(c1cccc(C)c1C)N(C(=O)C(CCC(N)=O)NC(=O)OC(C)(C)C)C(C)C. The number of aryl methyl sites for hydroxylation is 1. The molecule has 0 aliphatic rings. The molecule has 1 rings (SSSR count). The Labute approximate surface area is 218 Å². The first-order valence-corrected chi connectivity index (χ1v) is 12.1. The molecule has 0 radical (unpaired) electrons. The number of nitrogens with one attached hydrogen (secondary N) is 2. The van der Waals surface area contributed by atoms with Crippen molar-refractivity contribution in [2.24, 2.45) is 5.73 Å². The maximum absolute atomic E-state index is 13.9. The molecule has 0 aliphatic carbocycles. The van der Waals surface area contributed by atoms with Crippen molar-refractivity contribution in [2.45, 2.75) is 85.0 Å². The van der Waals surface area contributed by atoms with Crippen LogP contribution in [0.15, 0.2) is 18.2 Å². The van der Waals surface area contributed by atoms with Crippen LogP contribution in [0.25, 0.3) is 0 Å². The molecule has 11 heteroatoms. The van der Waals surface area contributed by atoms with Gasteiger partial charge in [-0.25, -0.2) is 4.79 Å². The summed E-state index contributed by atoms with van der Waals surface area (Å²) in [6.07, 6.45) is -1.13. The molecule has 4 N–H and O–H groups in total. The maximum atomic E-state index is 13.9. The summed E-state index contributed by atoms with van der Waals surface area (Å²) in [5, 5.41) is 5.07. The molecule has 2 unspecified atom stereocenters. The van der Waals surface area contributed by atoms with E-state index in [9.17, 15) is 24.0 Å². The van der Waals surface area contributed by atoms with Gasteiger partial charge in [-0.15, -0.1) is 0 Å². The Morgan fingerprint density at radius 1 is 1.08 bits per heavy atom. The van der Waals surface area contributed by atoms with Crippen LogP contribution in [0.2, 0.25) is 0 Å². The molecule has 4 amide bonds. The van der Waals surface area contributed by atoms with Crippen LogP contribution in [-0.4, -0.2) is 66.0 Å². The second kappa shape index (κ2) is 13.6. The lowest BCUT2D eigenvalue weighted by Crippen LogP contribution is -2.55. The third kappa shape index (κ3) is 9.74.